The van der Waals surface area contributed by atoms with Crippen LogP contribution in [0.3, 0.4) is 0 Å². The van der Waals surface area contributed by atoms with Crippen LogP contribution < -0.4 is 0 Å². The minimum absolute atomic E-state index is 0.471. The molecule has 0 spiro atoms. The Morgan fingerprint density at radius 3 is 0.542 bits per heavy atom. The summed E-state index contributed by atoms with van der Waals surface area (Å²) in [5.74, 6) is 0. The summed E-state index contributed by atoms with van der Waals surface area (Å²) < 4.78 is 0. The van der Waals surface area contributed by atoms with E-state index < -0.39 is 40.1 Å². The van der Waals surface area contributed by atoms with Crippen molar-refractivity contribution < 1.29 is 0 Å². The molecule has 152 valence electrons. The molecule has 0 aromatic rings. The van der Waals surface area contributed by atoms with Crippen LogP contribution in [0.2, 0.25) is 0 Å². The van der Waals surface area contributed by atoms with Gasteiger partial charge in [-0.05, 0) is 122 Å². The highest BCUT2D eigenvalue weighted by Gasteiger charge is 2.39. The Hall–Kier alpha value is 1.40. The summed E-state index contributed by atoms with van der Waals surface area (Å²) in [6, 6.07) is 0. The molecule has 0 heterocycles. The highest BCUT2D eigenvalue weighted by molar-refractivity contribution is 8.34. The fraction of sp³-hybridized carbons (Fsp3) is 1.00. The van der Waals surface area contributed by atoms with Crippen molar-refractivity contribution in [2.24, 2.45) is 0 Å². The lowest BCUT2D eigenvalue weighted by Gasteiger charge is -2.53. The molecule has 0 aliphatic heterocycles. The molecule has 0 saturated heterocycles. The monoisotopic (exact) mass is 416 g/mol. The Morgan fingerprint density at radius 1 is 0.333 bits per heavy atom. The summed E-state index contributed by atoms with van der Waals surface area (Å²) >= 11 is 0. The van der Waals surface area contributed by atoms with Crippen molar-refractivity contribution >= 4 is 40.1 Å². The van der Waals surface area contributed by atoms with E-state index in [-0.39, 0.29) is 0 Å². The fourth-order valence-corrected chi connectivity index (χ4v) is 10.8. The second-order valence-corrected chi connectivity index (χ2v) is 29.3. The second-order valence-electron chi connectivity index (χ2n) is 11.2. The van der Waals surface area contributed by atoms with Gasteiger partial charge in [-0.25, -0.2) is 40.1 Å². The zero-order chi connectivity index (χ0) is 19.1. The van der Waals surface area contributed by atoms with Gasteiger partial charge in [0.2, 0.25) is 0 Å². The van der Waals surface area contributed by atoms with Crippen LogP contribution in [0, 0.1) is 0 Å². The van der Waals surface area contributed by atoms with Crippen LogP contribution in [0.5, 0.6) is 0 Å². The first kappa shape index (κ1) is 23.4. The third kappa shape index (κ3) is 6.85. The lowest BCUT2D eigenvalue weighted by molar-refractivity contribution is 0.530. The molecule has 1 fully saturated rings. The molecule has 4 heteroatoms. The maximum atomic E-state index is 2.58. The Bertz CT molecular complexity index is 315. The van der Waals surface area contributed by atoms with Crippen LogP contribution in [-0.4, -0.2) is 96.1 Å². The van der Waals surface area contributed by atoms with Crippen LogP contribution >= 0.6 is 40.1 Å². The van der Waals surface area contributed by atoms with Gasteiger partial charge in [0.1, 0.15) is 0 Å². The highest BCUT2D eigenvalue weighted by atomic mass is 32.3. The summed E-state index contributed by atoms with van der Waals surface area (Å²) in [4.78, 5) is 0. The molecule has 1 saturated carbocycles. The largest absolute Gasteiger partial charge is 0.247 e. The van der Waals surface area contributed by atoms with E-state index in [1.54, 1.807) is 0 Å². The average Bonchev–Trinajstić information content (AvgIpc) is 2.20. The number of hydrogen-bond acceptors (Lipinski definition) is 0. The van der Waals surface area contributed by atoms with Gasteiger partial charge in [0, 0.05) is 0 Å². The van der Waals surface area contributed by atoms with Gasteiger partial charge in [-0.3, -0.25) is 0 Å². The number of hydrogen-bond donors (Lipinski definition) is 0. The zero-order valence-corrected chi connectivity index (χ0v) is 22.0. The van der Waals surface area contributed by atoms with E-state index in [1.165, 1.54) is 25.7 Å². The van der Waals surface area contributed by atoms with Crippen molar-refractivity contribution in [2.45, 2.75) is 46.7 Å². The zero-order valence-electron chi connectivity index (χ0n) is 18.8. The Morgan fingerprint density at radius 2 is 0.458 bits per heavy atom. The van der Waals surface area contributed by atoms with Gasteiger partial charge in [-0.15, -0.1) is 0 Å². The molecule has 1 aliphatic carbocycles. The van der Waals surface area contributed by atoms with Gasteiger partial charge < -0.3 is 0 Å². The molecule has 0 atom stereocenters. The maximum Gasteiger partial charge on any atom is -0.00992 e. The van der Waals surface area contributed by atoms with Crippen molar-refractivity contribution in [1.82, 2.24) is 0 Å². The lowest BCUT2D eigenvalue weighted by Crippen LogP contribution is -2.39. The second kappa shape index (κ2) is 7.80. The SMILES string of the molecule is CS(C)(C)C1CC(S(C)(C)C)CC(S(C)(C)C)CC(S(C)(C)C)C1. The Labute approximate surface area is 161 Å². The van der Waals surface area contributed by atoms with Crippen LogP contribution in [-0.2, 0) is 0 Å². The number of rotatable bonds is 4. The molecule has 0 amide bonds. The third-order valence-electron chi connectivity index (χ3n) is 6.10. The van der Waals surface area contributed by atoms with E-state index in [9.17, 15) is 0 Å². The van der Waals surface area contributed by atoms with Crippen LogP contribution in [0.1, 0.15) is 25.7 Å². The maximum absolute atomic E-state index is 2.58. The molecular weight excluding hydrogens is 368 g/mol. The van der Waals surface area contributed by atoms with E-state index >= 15 is 0 Å². The van der Waals surface area contributed by atoms with E-state index in [1.807, 2.05) is 0 Å². The normalized spacial score (nSPS) is 34.2. The van der Waals surface area contributed by atoms with E-state index in [4.69, 9.17) is 0 Å². The van der Waals surface area contributed by atoms with E-state index in [0.29, 0.717) is 0 Å². The molecule has 0 aromatic heterocycles. The molecule has 1 aliphatic rings. The molecule has 0 bridgehead atoms. The first-order valence-corrected chi connectivity index (χ1v) is 20.8. The van der Waals surface area contributed by atoms with Gasteiger partial charge in [0.05, 0.1) is 0 Å². The predicted molar refractivity (Wildman–Crippen MR) is 135 cm³/mol. The van der Waals surface area contributed by atoms with Gasteiger partial charge in [0.25, 0.3) is 0 Å². The first-order valence-electron chi connectivity index (χ1n) is 9.11. The summed E-state index contributed by atoms with van der Waals surface area (Å²) in [5.41, 5.74) is 0. The third-order valence-corrected chi connectivity index (χ3v) is 15.6. The van der Waals surface area contributed by atoms with Crippen LogP contribution in [0.15, 0.2) is 0 Å². The van der Waals surface area contributed by atoms with Gasteiger partial charge in [-0.2, -0.15) is 0 Å². The van der Waals surface area contributed by atoms with Crippen molar-refractivity contribution in [3.63, 3.8) is 0 Å². The van der Waals surface area contributed by atoms with Crippen molar-refractivity contribution in [3.05, 3.63) is 0 Å². The molecule has 0 unspecified atom stereocenters. The highest BCUT2D eigenvalue weighted by Crippen LogP contribution is 2.60. The summed E-state index contributed by atoms with van der Waals surface area (Å²) in [7, 11) is -1.89. The summed E-state index contributed by atoms with van der Waals surface area (Å²) in [6.45, 7) is 0. The molecule has 0 aromatic carbocycles. The van der Waals surface area contributed by atoms with Crippen LogP contribution in [0.4, 0.5) is 0 Å². The van der Waals surface area contributed by atoms with E-state index in [2.05, 4.69) is 75.1 Å². The van der Waals surface area contributed by atoms with Crippen molar-refractivity contribution in [3.8, 4) is 0 Å². The van der Waals surface area contributed by atoms with Gasteiger partial charge in [0.15, 0.2) is 0 Å². The fourth-order valence-electron chi connectivity index (χ4n) is 3.87. The van der Waals surface area contributed by atoms with Gasteiger partial charge >= 0.3 is 0 Å². The molecule has 24 heavy (non-hydrogen) atoms. The molecular formula is C20H48S4. The van der Waals surface area contributed by atoms with Gasteiger partial charge in [-0.1, -0.05) is 0 Å². The Balaban J connectivity index is 3.24. The van der Waals surface area contributed by atoms with Crippen molar-refractivity contribution in [1.29, 1.82) is 0 Å². The van der Waals surface area contributed by atoms with E-state index in [0.717, 1.165) is 21.0 Å². The summed E-state index contributed by atoms with van der Waals surface area (Å²) in [6.07, 6.45) is 37.0. The standard InChI is InChI=1S/C20H48S4/c1-21(2,3)17-13-18(22(4,5)6)15-20(24(10,11)12)16-19(14-17)23(7,8)9/h17-20H,13-16H2,1-12H3. The molecule has 1 rings (SSSR count). The average molecular weight is 417 g/mol. The minimum Gasteiger partial charge on any atom is -0.247 e. The quantitative estimate of drug-likeness (QED) is 0.542. The Kier molecular flexibility index (Phi) is 7.61. The van der Waals surface area contributed by atoms with Crippen molar-refractivity contribution in [2.75, 3.05) is 75.1 Å². The van der Waals surface area contributed by atoms with Crippen LogP contribution in [0.25, 0.3) is 0 Å². The lowest BCUT2D eigenvalue weighted by atomic mass is 9.99. The topological polar surface area (TPSA) is 0 Å². The molecule has 0 nitrogen and oxygen atoms in total. The first-order chi connectivity index (χ1) is 10.4. The summed E-state index contributed by atoms with van der Waals surface area (Å²) in [5, 5.41) is 3.90. The smallest absolute Gasteiger partial charge is 0.00992 e. The predicted octanol–water partition coefficient (Wildman–Crippen LogP) is 5.81. The molecule has 0 radical (unpaired) electrons. The minimum atomic E-state index is -0.471. The molecule has 0 N–H and O–H groups in total.